The van der Waals surface area contributed by atoms with Crippen molar-refractivity contribution in [3.63, 3.8) is 0 Å². The number of nitrogens with zero attached hydrogens (tertiary/aromatic N) is 1. The van der Waals surface area contributed by atoms with Gasteiger partial charge in [0.2, 0.25) is 0 Å². The maximum Gasteiger partial charge on any atom is 0.0508 e. The summed E-state index contributed by atoms with van der Waals surface area (Å²) >= 11 is 0. The molecule has 0 aromatic rings. The molecular formula is C16H27N. The molecular weight excluding hydrogens is 206 g/mol. The number of hydrogen-bond donors (Lipinski definition) is 0. The van der Waals surface area contributed by atoms with Gasteiger partial charge in [-0.1, -0.05) is 34.6 Å². The Kier molecular flexibility index (Phi) is 3.38. The first kappa shape index (κ1) is 12.7. The molecule has 0 aromatic heterocycles. The van der Waals surface area contributed by atoms with Gasteiger partial charge >= 0.3 is 0 Å². The Hall–Kier alpha value is -0.720. The van der Waals surface area contributed by atoms with Crippen LogP contribution in [0.2, 0.25) is 0 Å². The lowest BCUT2D eigenvalue weighted by Crippen LogP contribution is -2.36. The number of rotatable bonds is 2. The van der Waals surface area contributed by atoms with Crippen molar-refractivity contribution in [3.8, 4) is 0 Å². The molecule has 96 valence electrons. The first-order chi connectivity index (χ1) is 7.99. The van der Waals surface area contributed by atoms with Crippen LogP contribution in [0.5, 0.6) is 0 Å². The van der Waals surface area contributed by atoms with Crippen LogP contribution in [0, 0.1) is 5.41 Å². The zero-order chi connectivity index (χ0) is 12.6. The normalized spacial score (nSPS) is 25.1. The van der Waals surface area contributed by atoms with Crippen LogP contribution in [0.1, 0.15) is 60.3 Å². The lowest BCUT2D eigenvalue weighted by atomic mass is 9.74. The summed E-state index contributed by atoms with van der Waals surface area (Å²) in [5, 5.41) is 0. The van der Waals surface area contributed by atoms with E-state index in [2.05, 4.69) is 45.7 Å². The second-order valence-electron chi connectivity index (χ2n) is 6.40. The third-order valence-corrected chi connectivity index (χ3v) is 4.20. The molecule has 1 atom stereocenters. The molecule has 17 heavy (non-hydrogen) atoms. The molecule has 1 unspecified atom stereocenters. The highest BCUT2D eigenvalue weighted by atomic mass is 15.2. The van der Waals surface area contributed by atoms with E-state index in [1.54, 1.807) is 16.7 Å². The maximum atomic E-state index is 2.60. The molecule has 2 aliphatic rings. The Morgan fingerprint density at radius 3 is 2.47 bits per heavy atom. The molecule has 0 spiro atoms. The van der Waals surface area contributed by atoms with Crippen molar-refractivity contribution in [2.75, 3.05) is 6.54 Å². The summed E-state index contributed by atoms with van der Waals surface area (Å²) in [6.45, 7) is 13.0. The second kappa shape index (κ2) is 4.51. The van der Waals surface area contributed by atoms with Crippen LogP contribution in [-0.4, -0.2) is 17.5 Å². The van der Waals surface area contributed by atoms with E-state index in [-0.39, 0.29) is 0 Å². The van der Waals surface area contributed by atoms with Crippen molar-refractivity contribution in [1.29, 1.82) is 0 Å². The average molecular weight is 233 g/mol. The predicted molar refractivity (Wildman–Crippen MR) is 74.9 cm³/mol. The third kappa shape index (κ3) is 2.17. The fraction of sp³-hybridized carbons (Fsp3) is 0.750. The molecule has 2 rings (SSSR count). The summed E-state index contributed by atoms with van der Waals surface area (Å²) in [6, 6.07) is 0.695. The zero-order valence-electron chi connectivity index (χ0n) is 12.1. The summed E-state index contributed by atoms with van der Waals surface area (Å²) in [5.74, 6) is 0. The Morgan fingerprint density at radius 2 is 1.94 bits per heavy atom. The van der Waals surface area contributed by atoms with Gasteiger partial charge in [0.15, 0.2) is 0 Å². The molecule has 0 aliphatic carbocycles. The van der Waals surface area contributed by atoms with E-state index < -0.39 is 0 Å². The van der Waals surface area contributed by atoms with E-state index in [4.69, 9.17) is 0 Å². The minimum absolute atomic E-state index is 0.313. The van der Waals surface area contributed by atoms with Gasteiger partial charge < -0.3 is 4.90 Å². The Bertz CT molecular complexity index is 354. The van der Waals surface area contributed by atoms with Gasteiger partial charge in [0.1, 0.15) is 0 Å². The van der Waals surface area contributed by atoms with Crippen LogP contribution in [0.25, 0.3) is 0 Å². The monoisotopic (exact) mass is 233 g/mol. The van der Waals surface area contributed by atoms with Crippen LogP contribution in [-0.2, 0) is 0 Å². The molecule has 1 fully saturated rings. The molecule has 2 heterocycles. The van der Waals surface area contributed by atoms with E-state index in [9.17, 15) is 0 Å². The fourth-order valence-electron chi connectivity index (χ4n) is 3.58. The third-order valence-electron chi connectivity index (χ3n) is 4.20. The fourth-order valence-corrected chi connectivity index (χ4v) is 3.58. The largest absolute Gasteiger partial charge is 0.370 e. The first-order valence-electron chi connectivity index (χ1n) is 7.19. The van der Waals surface area contributed by atoms with Crippen molar-refractivity contribution in [3.05, 3.63) is 22.9 Å². The smallest absolute Gasteiger partial charge is 0.0508 e. The molecule has 1 heteroatoms. The molecule has 0 N–H and O–H groups in total. The molecule has 0 saturated carbocycles. The number of allylic oxidation sites excluding steroid dienone is 2. The summed E-state index contributed by atoms with van der Waals surface area (Å²) < 4.78 is 0. The van der Waals surface area contributed by atoms with E-state index in [1.807, 2.05) is 0 Å². The molecule has 2 aliphatic heterocycles. The molecule has 0 radical (unpaired) electrons. The summed E-state index contributed by atoms with van der Waals surface area (Å²) in [5.41, 5.74) is 5.27. The predicted octanol–water partition coefficient (Wildman–Crippen LogP) is 4.51. The number of fused-ring (bicyclic) bond motifs is 1. The van der Waals surface area contributed by atoms with Crippen LogP contribution < -0.4 is 0 Å². The van der Waals surface area contributed by atoms with Crippen molar-refractivity contribution < 1.29 is 0 Å². The van der Waals surface area contributed by atoms with Crippen molar-refractivity contribution in [1.82, 2.24) is 4.90 Å². The van der Waals surface area contributed by atoms with Gasteiger partial charge in [0, 0.05) is 12.7 Å². The van der Waals surface area contributed by atoms with E-state index in [1.165, 1.54) is 32.2 Å². The highest BCUT2D eigenvalue weighted by Crippen LogP contribution is 2.44. The molecule has 1 nitrogen and oxygen atoms in total. The van der Waals surface area contributed by atoms with Gasteiger partial charge in [-0.05, 0) is 47.8 Å². The lowest BCUT2D eigenvalue weighted by Gasteiger charge is -2.40. The van der Waals surface area contributed by atoms with Crippen molar-refractivity contribution >= 4 is 0 Å². The molecule has 0 amide bonds. The topological polar surface area (TPSA) is 3.24 Å². The van der Waals surface area contributed by atoms with Gasteiger partial charge in [-0.2, -0.15) is 0 Å². The van der Waals surface area contributed by atoms with Crippen LogP contribution in [0.3, 0.4) is 0 Å². The Labute approximate surface area is 107 Å². The SMILES string of the molecule is CCC1=CN2CCCC2C(C(C)(C)C)=C1CC. The van der Waals surface area contributed by atoms with Gasteiger partial charge in [-0.3, -0.25) is 0 Å². The van der Waals surface area contributed by atoms with Crippen molar-refractivity contribution in [2.45, 2.75) is 66.3 Å². The Morgan fingerprint density at radius 1 is 1.24 bits per heavy atom. The lowest BCUT2D eigenvalue weighted by molar-refractivity contribution is 0.318. The average Bonchev–Trinajstić information content (AvgIpc) is 2.71. The zero-order valence-corrected chi connectivity index (χ0v) is 12.1. The van der Waals surface area contributed by atoms with Gasteiger partial charge in [0.05, 0.1) is 6.04 Å². The van der Waals surface area contributed by atoms with Crippen molar-refractivity contribution in [2.24, 2.45) is 5.41 Å². The summed E-state index contributed by atoms with van der Waals surface area (Å²) in [7, 11) is 0. The highest BCUT2D eigenvalue weighted by Gasteiger charge is 2.36. The van der Waals surface area contributed by atoms with Crippen LogP contribution in [0.15, 0.2) is 22.9 Å². The molecule has 0 aromatic carbocycles. The van der Waals surface area contributed by atoms with Gasteiger partial charge in [-0.25, -0.2) is 0 Å². The molecule has 1 saturated heterocycles. The minimum atomic E-state index is 0.313. The maximum absolute atomic E-state index is 2.60. The molecule has 0 bridgehead atoms. The van der Waals surface area contributed by atoms with Crippen LogP contribution in [0.4, 0.5) is 0 Å². The number of hydrogen-bond acceptors (Lipinski definition) is 1. The van der Waals surface area contributed by atoms with E-state index in [0.29, 0.717) is 11.5 Å². The van der Waals surface area contributed by atoms with Gasteiger partial charge in [-0.15, -0.1) is 0 Å². The minimum Gasteiger partial charge on any atom is -0.370 e. The highest BCUT2D eigenvalue weighted by molar-refractivity contribution is 5.43. The summed E-state index contributed by atoms with van der Waals surface area (Å²) in [6.07, 6.45) is 7.52. The first-order valence-corrected chi connectivity index (χ1v) is 7.19. The second-order valence-corrected chi connectivity index (χ2v) is 6.40. The van der Waals surface area contributed by atoms with Crippen LogP contribution >= 0.6 is 0 Å². The van der Waals surface area contributed by atoms with E-state index in [0.717, 1.165) is 0 Å². The van der Waals surface area contributed by atoms with E-state index >= 15 is 0 Å². The Balaban J connectivity index is 2.51. The van der Waals surface area contributed by atoms with Gasteiger partial charge in [0.25, 0.3) is 0 Å². The standard InChI is InChI=1S/C16H27N/c1-6-12-11-17-10-8-9-14(17)15(13(12)7-2)16(3,4)5/h11,14H,6-10H2,1-5H3. The summed E-state index contributed by atoms with van der Waals surface area (Å²) in [4.78, 5) is 2.60. The quantitative estimate of drug-likeness (QED) is 0.678.